The molecule has 0 radical (unpaired) electrons. The number of unbranched alkanes of at least 4 members (excludes halogenated alkanes) is 1. The molecule has 51 nitrogen and oxygen atoms in total. The number of hydrogen-bond donors (Lipinski definition) is 23. The van der Waals surface area contributed by atoms with Crippen molar-refractivity contribution in [2.45, 2.75) is 226 Å². The topological polar surface area (TPSA) is 756 Å². The molecule has 11 rings (SSSR count). The first kappa shape index (κ1) is 116. The Hall–Kier alpha value is -13.9. The Morgan fingerprint density at radius 1 is 0.520 bits per heavy atom. The summed E-state index contributed by atoms with van der Waals surface area (Å²) < 4.78 is 0. The second-order valence-corrected chi connectivity index (χ2v) is 41.6. The molecule has 6 fully saturated rings. The average molecular weight is 2170 g/mol. The number of nitrogens with two attached hydrogens (primary N) is 2. The van der Waals surface area contributed by atoms with E-state index in [1.54, 1.807) is 73.1 Å². The summed E-state index contributed by atoms with van der Waals surface area (Å²) in [5.41, 5.74) is 13.5. The maximum absolute atomic E-state index is 15.4. The van der Waals surface area contributed by atoms with Crippen LogP contribution in [0.1, 0.15) is 121 Å². The van der Waals surface area contributed by atoms with Gasteiger partial charge in [-0.1, -0.05) is 42.5 Å². The van der Waals surface area contributed by atoms with Gasteiger partial charge in [0.1, 0.15) is 90.6 Å². The maximum Gasteiger partial charge on any atom is 0.327 e. The molecule has 814 valence electrons. The molecule has 4 bridgehead atoms. The number of hydrogen-bond acceptors (Lipinski definition) is 30. The molecule has 0 spiro atoms. The number of primary amides is 1. The van der Waals surface area contributed by atoms with E-state index in [0.29, 0.717) is 32.9 Å². The van der Waals surface area contributed by atoms with Gasteiger partial charge in [0, 0.05) is 159 Å². The van der Waals surface area contributed by atoms with Gasteiger partial charge in [-0.05, 0) is 106 Å². The smallest absolute Gasteiger partial charge is 0.327 e. The zero-order valence-corrected chi connectivity index (χ0v) is 86.0. The first-order chi connectivity index (χ1) is 71.7. The van der Waals surface area contributed by atoms with E-state index >= 15 is 38.4 Å². The van der Waals surface area contributed by atoms with Crippen LogP contribution in [0.2, 0.25) is 0 Å². The number of carboxylic acids is 2. The standard InChI is InChI=1S/C95H129N25O26S4/c1-50(122)79-93(144)119-29-13-21-72(119)92(143)120-42-55(124)37-73(120)90(141)109-63(35-53-41-102-59-18-7-5-16-57(53)59)83(134)113-70(94(145)146)46-150-33-25-77(128)117-48-115-47-116(49-117)76(127)24-32-149-45-69(103-51(2)123)91(142)118-28-12-20-71(118)89(140)110-64(36-54-14-8-10-26-99-54)84(135)108-66(39-78(129)130)86(137)112-68(44-148-31-23-75(115)126)88(139)105-61(22-30-147-3)81(132)104-60(19-9-11-27-100-95(97)98)80(131)107-65(38-74(96)125)85(136)106-62(82(133)111-67(43-121)87(138)114-79)34-52-40-101-58-17-6-4-15-56(52)58/h4-8,10,14-18,26,40-41,50,55,60-73,79,101-102,121-122,124H,9,11-13,19-25,27-39,42-49H2,1-3H3,(H2,96,125)(H,103,123)(H,104,132)(H,105,139)(H,106,136)(H,107,131)(H,108,135)(H,109,141)(H,110,140)(H,111,133)(H,112,137)(H,113,134)(H,114,138)(H,129,130)(H,145,146)(H4,97,98,100)/t50-,55-,60+,61+,62+,63+,64+,65+,66-,67+,68+,69-,70+,71+,72+,73+,79+/m1/s1. The fraction of sp³-hybridized carbons (Fsp3) is 0.547. The molecule has 2 aromatic carbocycles. The number of rotatable bonds is 22. The average Bonchev–Trinajstić information content (AvgIpc) is 1.64. The summed E-state index contributed by atoms with van der Waals surface area (Å²) in [7, 11) is 0. The number of pyridine rings is 1. The van der Waals surface area contributed by atoms with Crippen molar-refractivity contribution < 1.29 is 126 Å². The second-order valence-electron chi connectivity index (χ2n) is 37.1. The van der Waals surface area contributed by atoms with Crippen LogP contribution in [0, 0.1) is 5.41 Å². The van der Waals surface area contributed by atoms with Gasteiger partial charge in [0.2, 0.25) is 112 Å². The third-order valence-corrected chi connectivity index (χ3v) is 29.9. The number of thioether (sulfide) groups is 4. The number of carbonyl (C=O) groups excluding carboxylic acids is 19. The number of aliphatic carboxylic acids is 2. The Kier molecular flexibility index (Phi) is 43.5. The first-order valence-corrected chi connectivity index (χ1v) is 53.9. The minimum absolute atomic E-state index is 0.00994. The summed E-state index contributed by atoms with van der Waals surface area (Å²) in [4.78, 5) is 324. The lowest BCUT2D eigenvalue weighted by Crippen LogP contribution is -2.62. The number of nitrogens with zero attached hydrogens (tertiary/aromatic N) is 7. The molecule has 6 aliphatic heterocycles. The Morgan fingerprint density at radius 2 is 0.993 bits per heavy atom. The molecule has 0 aliphatic carbocycles. The Bertz CT molecular complexity index is 5770. The molecule has 25 N–H and O–H groups in total. The highest BCUT2D eigenvalue weighted by Gasteiger charge is 2.49. The summed E-state index contributed by atoms with van der Waals surface area (Å²) in [6, 6.07) is -7.82. The lowest BCUT2D eigenvalue weighted by Gasteiger charge is -2.42. The van der Waals surface area contributed by atoms with Gasteiger partial charge in [0.05, 0.1) is 51.7 Å². The van der Waals surface area contributed by atoms with Gasteiger partial charge in [-0.3, -0.25) is 106 Å². The van der Waals surface area contributed by atoms with E-state index in [2.05, 4.69) is 84.1 Å². The molecule has 6 aliphatic rings. The number of carboxylic acid groups (broad SMARTS) is 2. The highest BCUT2D eigenvalue weighted by Crippen LogP contribution is 2.30. The normalized spacial score (nSPS) is 26.2. The van der Waals surface area contributed by atoms with Crippen molar-refractivity contribution in [3.63, 3.8) is 0 Å². The zero-order valence-electron chi connectivity index (χ0n) is 82.8. The van der Waals surface area contributed by atoms with E-state index in [0.717, 1.165) is 63.8 Å². The number of aromatic amines is 2. The number of aliphatic hydroxyl groups is 3. The largest absolute Gasteiger partial charge is 0.481 e. The van der Waals surface area contributed by atoms with Crippen molar-refractivity contribution in [3.05, 3.63) is 102 Å². The molecule has 17 atom stereocenters. The third-order valence-electron chi connectivity index (χ3n) is 26.0. The van der Waals surface area contributed by atoms with Crippen molar-refractivity contribution in [2.24, 2.45) is 11.5 Å². The number of fused-ring (bicyclic) bond motifs is 12. The van der Waals surface area contributed by atoms with E-state index in [9.17, 15) is 87.9 Å². The second kappa shape index (κ2) is 56.1. The third kappa shape index (κ3) is 32.8. The van der Waals surface area contributed by atoms with Gasteiger partial charge in [0.15, 0.2) is 5.96 Å². The molecule has 55 heteroatoms. The molecule has 5 aromatic rings. The van der Waals surface area contributed by atoms with Crippen molar-refractivity contribution >= 4 is 199 Å². The summed E-state index contributed by atoms with van der Waals surface area (Å²) in [5.74, 6) is -24.5. The quantitative estimate of drug-likeness (QED) is 0.0174. The summed E-state index contributed by atoms with van der Waals surface area (Å²) in [6.45, 7) is -0.952. The molecule has 150 heavy (non-hydrogen) atoms. The van der Waals surface area contributed by atoms with Crippen LogP contribution >= 0.6 is 47.0 Å². The highest BCUT2D eigenvalue weighted by atomic mass is 32.2. The molecule has 19 amide bonds. The van der Waals surface area contributed by atoms with Gasteiger partial charge >= 0.3 is 11.9 Å². The van der Waals surface area contributed by atoms with E-state index < -0.39 is 316 Å². The number of aliphatic hydroxyl groups excluding tert-OH is 3. The van der Waals surface area contributed by atoms with Crippen LogP contribution in [0.25, 0.3) is 21.8 Å². The molecule has 0 saturated carbocycles. The number of H-pyrrole nitrogens is 2. The van der Waals surface area contributed by atoms with Crippen LogP contribution in [0.15, 0.2) is 85.3 Å². The molecule has 6 saturated heterocycles. The maximum atomic E-state index is 15.4. The monoisotopic (exact) mass is 2160 g/mol. The van der Waals surface area contributed by atoms with E-state index in [4.69, 9.17) is 16.9 Å². The van der Waals surface area contributed by atoms with Crippen LogP contribution in [-0.4, -0.2) is 402 Å². The molecule has 3 aromatic heterocycles. The lowest BCUT2D eigenvalue weighted by atomic mass is 10.0. The molecular formula is C95H129N25O26S4. The minimum Gasteiger partial charge on any atom is -0.481 e. The molecule has 0 unspecified atom stereocenters. The van der Waals surface area contributed by atoms with Gasteiger partial charge in [-0.2, -0.15) is 47.0 Å². The summed E-state index contributed by atoms with van der Waals surface area (Å²) in [5, 5.41) is 96.7. The first-order valence-electron chi connectivity index (χ1n) is 49.0. The minimum atomic E-state index is -2.11. The number of benzene rings is 2. The van der Waals surface area contributed by atoms with Crippen LogP contribution < -0.4 is 80.6 Å². The van der Waals surface area contributed by atoms with Gasteiger partial charge < -0.3 is 145 Å². The molecular weight excluding hydrogens is 2040 g/mol. The predicted octanol–water partition coefficient (Wildman–Crippen LogP) is -6.16. The fourth-order valence-electron chi connectivity index (χ4n) is 18.2. The highest BCUT2D eigenvalue weighted by molar-refractivity contribution is 7.99. The van der Waals surface area contributed by atoms with E-state index in [-0.39, 0.29) is 125 Å². The van der Waals surface area contributed by atoms with E-state index in [1.165, 1.54) is 44.9 Å². The van der Waals surface area contributed by atoms with Crippen molar-refractivity contribution in [1.82, 2.24) is 113 Å². The van der Waals surface area contributed by atoms with Crippen molar-refractivity contribution in [2.75, 3.05) is 99.3 Å². The number of carbonyl (C=O) groups is 21. The van der Waals surface area contributed by atoms with Crippen molar-refractivity contribution in [3.8, 4) is 0 Å². The Labute approximate surface area is 877 Å². The van der Waals surface area contributed by atoms with Gasteiger partial charge in [-0.15, -0.1) is 0 Å². The van der Waals surface area contributed by atoms with E-state index in [1.807, 2.05) is 0 Å². The van der Waals surface area contributed by atoms with Gasteiger partial charge in [-0.25, -0.2) is 4.79 Å². The number of aromatic nitrogens is 3. The zero-order chi connectivity index (χ0) is 109. The number of nitrogens with one attached hydrogen (secondary N) is 16. The van der Waals surface area contributed by atoms with Gasteiger partial charge in [0.25, 0.3) is 0 Å². The Morgan fingerprint density at radius 3 is 1.53 bits per heavy atom. The number of guanidine groups is 1. The number of para-hydroxylation sites is 2. The van der Waals surface area contributed by atoms with Crippen molar-refractivity contribution in [1.29, 1.82) is 5.41 Å². The molecule has 9 heterocycles. The Balaban J connectivity index is 0.957. The van der Waals surface area contributed by atoms with Crippen LogP contribution in [-0.2, 0) is 120 Å². The number of amides is 19. The summed E-state index contributed by atoms with van der Waals surface area (Å²) >= 11 is 3.98. The predicted molar refractivity (Wildman–Crippen MR) is 547 cm³/mol. The fourth-order valence-corrected chi connectivity index (χ4v) is 21.6. The lowest BCUT2D eigenvalue weighted by molar-refractivity contribution is -0.158. The van der Waals surface area contributed by atoms with Crippen LogP contribution in [0.5, 0.6) is 0 Å². The van der Waals surface area contributed by atoms with Crippen LogP contribution in [0.4, 0.5) is 0 Å². The van der Waals surface area contributed by atoms with Crippen LogP contribution in [0.3, 0.4) is 0 Å². The summed E-state index contributed by atoms with van der Waals surface area (Å²) in [6.07, 6.45) is -2.17. The SMILES string of the molecule is CSCC[C@@H]1NC(=O)[C@@H]2CSCCC(=O)N3CN(CN(C3)C(=O)CCSC[C@@H](NC(C)=O)C(=O)N3CCC[C@H]3C(=O)N[C@@H](Cc3ccccn3)C(=O)N[C@H](CC(=O)O)C(=O)N2)C(=O)CCSC[C@@H](C(=O)O)NC(=O)[C@H](Cc2c[nH]c3ccccc23)NC(=O)[C@@H]2C[C@@H](O)CN2C(=O)[C@@H]2CCCN2C(=O)[C@H]([C@@H](C)O)NC(=O)[C@H](CO)NC(=O)[C@H](Cc2c[nH]c3ccccc23)NC(=O)[C@H](CC(N)=O)NC(=O)[C@H](CCCCNC(=N)N)NC1=O.